The van der Waals surface area contributed by atoms with Crippen LogP contribution in [0.25, 0.3) is 0 Å². The number of hydrogen-bond acceptors (Lipinski definition) is 0. The Labute approximate surface area is 102 Å². The molecule has 0 heteroatoms. The van der Waals surface area contributed by atoms with Crippen molar-refractivity contribution in [3.05, 3.63) is 0 Å². The summed E-state index contributed by atoms with van der Waals surface area (Å²) in [5.74, 6) is 2.79. The lowest BCUT2D eigenvalue weighted by Gasteiger charge is -2.54. The minimum atomic E-state index is 0.528. The van der Waals surface area contributed by atoms with Gasteiger partial charge in [0.05, 0.1) is 0 Å². The molecule has 0 aliphatic heterocycles. The molecule has 0 radical (unpaired) electrons. The normalized spacial score (nSPS) is 44.1. The highest BCUT2D eigenvalue weighted by Crippen LogP contribution is 2.64. The highest BCUT2D eigenvalue weighted by Gasteiger charge is 2.55. The summed E-state index contributed by atoms with van der Waals surface area (Å²) in [6.07, 6.45) is 4.36. The maximum absolute atomic E-state index is 2.53. The number of fused-ring (bicyclic) bond motifs is 1. The average molecular weight is 222 g/mol. The summed E-state index contributed by atoms with van der Waals surface area (Å²) in [6, 6.07) is 0. The second-order valence-electron chi connectivity index (χ2n) is 8.67. The Hall–Kier alpha value is 0. The van der Waals surface area contributed by atoms with Crippen molar-refractivity contribution in [2.24, 2.45) is 34.0 Å². The molecule has 2 saturated carbocycles. The molecule has 0 aromatic rings. The maximum Gasteiger partial charge on any atom is -0.0292 e. The van der Waals surface area contributed by atoms with E-state index in [2.05, 4.69) is 48.5 Å². The van der Waals surface area contributed by atoms with E-state index in [1.54, 1.807) is 0 Å². The summed E-state index contributed by atoms with van der Waals surface area (Å²) in [5, 5.41) is 0. The fourth-order valence-electron chi connectivity index (χ4n) is 4.96. The zero-order valence-corrected chi connectivity index (χ0v) is 12.4. The molecule has 94 valence electrons. The van der Waals surface area contributed by atoms with Crippen LogP contribution in [-0.2, 0) is 0 Å². The van der Waals surface area contributed by atoms with Gasteiger partial charge in [-0.25, -0.2) is 0 Å². The van der Waals surface area contributed by atoms with Gasteiger partial charge in [0.1, 0.15) is 0 Å². The molecule has 2 fully saturated rings. The summed E-state index contributed by atoms with van der Waals surface area (Å²) >= 11 is 0. The van der Waals surface area contributed by atoms with Crippen LogP contribution < -0.4 is 0 Å². The zero-order valence-electron chi connectivity index (χ0n) is 12.4. The molecule has 3 unspecified atom stereocenters. The van der Waals surface area contributed by atoms with Gasteiger partial charge in [0, 0.05) is 0 Å². The van der Waals surface area contributed by atoms with E-state index < -0.39 is 0 Å². The Morgan fingerprint density at radius 3 is 1.94 bits per heavy atom. The van der Waals surface area contributed by atoms with Crippen LogP contribution >= 0.6 is 0 Å². The Bertz CT molecular complexity index is 282. The molecule has 0 heterocycles. The third kappa shape index (κ3) is 1.73. The highest BCUT2D eigenvalue weighted by molar-refractivity contribution is 5.04. The van der Waals surface area contributed by atoms with Gasteiger partial charge in [-0.2, -0.15) is 0 Å². The van der Waals surface area contributed by atoms with Gasteiger partial charge in [-0.3, -0.25) is 0 Å². The highest BCUT2D eigenvalue weighted by atomic mass is 14.6. The molecule has 0 aromatic heterocycles. The van der Waals surface area contributed by atoms with Crippen molar-refractivity contribution < 1.29 is 0 Å². The van der Waals surface area contributed by atoms with Crippen molar-refractivity contribution in [2.45, 2.75) is 67.7 Å². The van der Waals surface area contributed by atoms with Crippen LogP contribution in [0.15, 0.2) is 0 Å². The first-order valence-corrected chi connectivity index (χ1v) is 7.06. The molecule has 3 atom stereocenters. The first-order valence-electron chi connectivity index (χ1n) is 7.06. The standard InChI is InChI=1S/C16H30/c1-11-15(4,5)9-12-8-14(2,3)10-13(12)16(11,6)7/h11-13H,8-10H2,1-7H3. The topological polar surface area (TPSA) is 0 Å². The van der Waals surface area contributed by atoms with Crippen LogP contribution in [-0.4, -0.2) is 0 Å². The molecule has 0 spiro atoms. The molecule has 0 N–H and O–H groups in total. The van der Waals surface area contributed by atoms with E-state index in [0.717, 1.165) is 17.8 Å². The first kappa shape index (κ1) is 12.5. The third-order valence-electron chi connectivity index (χ3n) is 6.19. The van der Waals surface area contributed by atoms with Crippen LogP contribution in [0.3, 0.4) is 0 Å². The molecular weight excluding hydrogens is 192 g/mol. The fraction of sp³-hybridized carbons (Fsp3) is 1.00. The van der Waals surface area contributed by atoms with Crippen molar-refractivity contribution >= 4 is 0 Å². The van der Waals surface area contributed by atoms with Crippen molar-refractivity contribution in [3.63, 3.8) is 0 Å². The van der Waals surface area contributed by atoms with Crippen LogP contribution in [0.1, 0.15) is 67.7 Å². The molecule has 0 saturated heterocycles. The van der Waals surface area contributed by atoms with Gasteiger partial charge in [0.2, 0.25) is 0 Å². The molecule has 0 aromatic carbocycles. The minimum absolute atomic E-state index is 0.528. The molecular formula is C16H30. The van der Waals surface area contributed by atoms with Gasteiger partial charge >= 0.3 is 0 Å². The summed E-state index contributed by atoms with van der Waals surface area (Å²) in [4.78, 5) is 0. The van der Waals surface area contributed by atoms with Gasteiger partial charge in [-0.05, 0) is 53.3 Å². The molecule has 0 amide bonds. The maximum atomic E-state index is 2.53. The zero-order chi connectivity index (χ0) is 12.4. The second-order valence-corrected chi connectivity index (χ2v) is 8.67. The van der Waals surface area contributed by atoms with Crippen molar-refractivity contribution in [1.29, 1.82) is 0 Å². The lowest BCUT2D eigenvalue weighted by molar-refractivity contribution is -0.0511. The lowest BCUT2D eigenvalue weighted by atomic mass is 9.51. The molecule has 2 aliphatic rings. The van der Waals surface area contributed by atoms with Crippen LogP contribution in [0.5, 0.6) is 0 Å². The van der Waals surface area contributed by atoms with Gasteiger partial charge in [0.15, 0.2) is 0 Å². The third-order valence-corrected chi connectivity index (χ3v) is 6.19. The molecule has 2 aliphatic carbocycles. The summed E-state index contributed by atoms with van der Waals surface area (Å²) in [6.45, 7) is 17.5. The van der Waals surface area contributed by atoms with Crippen molar-refractivity contribution in [3.8, 4) is 0 Å². The number of hydrogen-bond donors (Lipinski definition) is 0. The lowest BCUT2D eigenvalue weighted by Crippen LogP contribution is -2.47. The molecule has 0 bridgehead atoms. The number of rotatable bonds is 0. The van der Waals surface area contributed by atoms with Crippen LogP contribution in [0, 0.1) is 34.0 Å². The van der Waals surface area contributed by atoms with Crippen molar-refractivity contribution in [2.75, 3.05) is 0 Å². The largest absolute Gasteiger partial charge is 0.0615 e. The van der Waals surface area contributed by atoms with E-state index in [1.807, 2.05) is 0 Å². The Balaban J connectivity index is 2.32. The predicted molar refractivity (Wildman–Crippen MR) is 71.3 cm³/mol. The van der Waals surface area contributed by atoms with E-state index in [0.29, 0.717) is 16.2 Å². The van der Waals surface area contributed by atoms with Gasteiger partial charge in [-0.15, -0.1) is 0 Å². The molecule has 0 nitrogen and oxygen atoms in total. The first-order chi connectivity index (χ1) is 7.06. The summed E-state index contributed by atoms with van der Waals surface area (Å²) in [7, 11) is 0. The Morgan fingerprint density at radius 1 is 0.812 bits per heavy atom. The van der Waals surface area contributed by atoms with E-state index in [-0.39, 0.29) is 0 Å². The van der Waals surface area contributed by atoms with Crippen molar-refractivity contribution in [1.82, 2.24) is 0 Å². The van der Waals surface area contributed by atoms with Gasteiger partial charge < -0.3 is 0 Å². The quantitative estimate of drug-likeness (QED) is 0.533. The molecule has 2 rings (SSSR count). The van der Waals surface area contributed by atoms with E-state index in [4.69, 9.17) is 0 Å². The summed E-state index contributed by atoms with van der Waals surface area (Å²) in [5.41, 5.74) is 1.65. The average Bonchev–Trinajstić information content (AvgIpc) is 2.37. The van der Waals surface area contributed by atoms with E-state index >= 15 is 0 Å². The van der Waals surface area contributed by atoms with Gasteiger partial charge in [-0.1, -0.05) is 48.5 Å². The van der Waals surface area contributed by atoms with Crippen LogP contribution in [0.2, 0.25) is 0 Å². The second kappa shape index (κ2) is 3.27. The fourth-order valence-corrected chi connectivity index (χ4v) is 4.96. The Kier molecular flexibility index (Phi) is 2.54. The van der Waals surface area contributed by atoms with E-state index in [9.17, 15) is 0 Å². The predicted octanol–water partition coefficient (Wildman–Crippen LogP) is 5.13. The smallest absolute Gasteiger partial charge is 0.0292 e. The Morgan fingerprint density at radius 2 is 1.38 bits per heavy atom. The molecule has 16 heavy (non-hydrogen) atoms. The monoisotopic (exact) mass is 222 g/mol. The summed E-state index contributed by atoms with van der Waals surface area (Å²) < 4.78 is 0. The van der Waals surface area contributed by atoms with Gasteiger partial charge in [0.25, 0.3) is 0 Å². The van der Waals surface area contributed by atoms with E-state index in [1.165, 1.54) is 19.3 Å². The SMILES string of the molecule is CC1C(C)(C)CC2CC(C)(C)CC2C1(C)C. The minimum Gasteiger partial charge on any atom is -0.0615 e. The van der Waals surface area contributed by atoms with Crippen LogP contribution in [0.4, 0.5) is 0 Å².